The molecule has 17 heavy (non-hydrogen) atoms. The van der Waals surface area contributed by atoms with Crippen LogP contribution in [0.5, 0.6) is 0 Å². The lowest BCUT2D eigenvalue weighted by molar-refractivity contribution is 0.883. The van der Waals surface area contributed by atoms with Crippen LogP contribution in [0.3, 0.4) is 0 Å². The summed E-state index contributed by atoms with van der Waals surface area (Å²) in [4.78, 5) is 4.06. The van der Waals surface area contributed by atoms with E-state index in [1.165, 1.54) is 0 Å². The first kappa shape index (κ1) is 12.4. The Bertz CT molecular complexity index is 502. The minimum absolute atomic E-state index is 0.139. The van der Waals surface area contributed by atoms with E-state index in [4.69, 9.17) is 11.6 Å². The molecule has 0 amide bonds. The summed E-state index contributed by atoms with van der Waals surface area (Å²) in [6.45, 7) is 2.07. The minimum Gasteiger partial charge on any atom is -0.377 e. The van der Waals surface area contributed by atoms with Crippen LogP contribution < -0.4 is 5.32 Å². The average Bonchev–Trinajstić information content (AvgIpc) is 2.30. The highest BCUT2D eigenvalue weighted by Gasteiger charge is 2.09. The van der Waals surface area contributed by atoms with Gasteiger partial charge in [0.25, 0.3) is 0 Å². The predicted octanol–water partition coefficient (Wildman–Crippen LogP) is 4.67. The molecule has 4 heteroatoms. The predicted molar refractivity (Wildman–Crippen MR) is 75.4 cm³/mol. The van der Waals surface area contributed by atoms with Crippen molar-refractivity contribution in [3.05, 3.63) is 57.8 Å². The lowest BCUT2D eigenvalue weighted by Crippen LogP contribution is -2.07. The Morgan fingerprint density at radius 2 is 2.18 bits per heavy atom. The van der Waals surface area contributed by atoms with Crippen LogP contribution in [0.15, 0.2) is 47.2 Å². The van der Waals surface area contributed by atoms with Crippen molar-refractivity contribution in [2.75, 3.05) is 5.32 Å². The molecule has 0 aliphatic heterocycles. The van der Waals surface area contributed by atoms with Gasteiger partial charge < -0.3 is 5.32 Å². The van der Waals surface area contributed by atoms with E-state index in [-0.39, 0.29) is 6.04 Å². The van der Waals surface area contributed by atoms with Gasteiger partial charge in [0.15, 0.2) is 0 Å². The van der Waals surface area contributed by atoms with E-state index in [0.717, 1.165) is 20.7 Å². The van der Waals surface area contributed by atoms with E-state index < -0.39 is 0 Å². The van der Waals surface area contributed by atoms with Gasteiger partial charge in [-0.05, 0) is 36.8 Å². The summed E-state index contributed by atoms with van der Waals surface area (Å²) in [5, 5.41) is 4.11. The van der Waals surface area contributed by atoms with E-state index in [0.29, 0.717) is 0 Å². The maximum absolute atomic E-state index is 6.20. The molecule has 0 saturated carbocycles. The second-order valence-corrected chi connectivity index (χ2v) is 5.10. The van der Waals surface area contributed by atoms with E-state index in [1.54, 1.807) is 12.4 Å². The summed E-state index contributed by atoms with van der Waals surface area (Å²) in [6, 6.07) is 9.93. The van der Waals surface area contributed by atoms with Crippen LogP contribution in [-0.2, 0) is 0 Å². The van der Waals surface area contributed by atoms with Crippen LogP contribution in [-0.4, -0.2) is 4.98 Å². The third-order valence-corrected chi connectivity index (χ3v) is 3.29. The highest BCUT2D eigenvalue weighted by atomic mass is 79.9. The Kier molecular flexibility index (Phi) is 4.02. The highest BCUT2D eigenvalue weighted by Crippen LogP contribution is 2.28. The Hall–Kier alpha value is -1.06. The molecule has 0 saturated heterocycles. The molecule has 0 aliphatic carbocycles. The Morgan fingerprint density at radius 3 is 2.82 bits per heavy atom. The smallest absolute Gasteiger partial charge is 0.0531 e. The molecule has 2 aromatic rings. The molecular weight excluding hydrogens is 300 g/mol. The Labute approximate surface area is 114 Å². The fraction of sp³-hybridized carbons (Fsp3) is 0.154. The second kappa shape index (κ2) is 5.52. The number of rotatable bonds is 3. The molecule has 1 atom stereocenters. The molecule has 0 radical (unpaired) electrons. The molecule has 1 aromatic heterocycles. The van der Waals surface area contributed by atoms with Crippen molar-refractivity contribution in [1.29, 1.82) is 0 Å². The summed E-state index contributed by atoms with van der Waals surface area (Å²) < 4.78 is 0.986. The van der Waals surface area contributed by atoms with Gasteiger partial charge in [0, 0.05) is 21.9 Å². The quantitative estimate of drug-likeness (QED) is 0.891. The van der Waals surface area contributed by atoms with Crippen molar-refractivity contribution in [1.82, 2.24) is 4.98 Å². The van der Waals surface area contributed by atoms with Crippen molar-refractivity contribution in [3.8, 4) is 0 Å². The van der Waals surface area contributed by atoms with Crippen LogP contribution >= 0.6 is 27.5 Å². The number of anilines is 1. The summed E-state index contributed by atoms with van der Waals surface area (Å²) >= 11 is 9.60. The van der Waals surface area contributed by atoms with E-state index in [9.17, 15) is 0 Å². The average molecular weight is 312 g/mol. The van der Waals surface area contributed by atoms with Gasteiger partial charge in [-0.3, -0.25) is 4.98 Å². The van der Waals surface area contributed by atoms with Crippen LogP contribution in [0.1, 0.15) is 18.5 Å². The summed E-state index contributed by atoms with van der Waals surface area (Å²) in [5.74, 6) is 0. The fourth-order valence-electron chi connectivity index (χ4n) is 1.63. The van der Waals surface area contributed by atoms with E-state index >= 15 is 0 Å². The standard InChI is InChI=1S/C13H12BrClN2/c1-9(17-11-3-2-6-16-8-11)12-5-4-10(14)7-13(12)15/h2-9,17H,1H3. The van der Waals surface area contributed by atoms with Crippen LogP contribution in [0.4, 0.5) is 5.69 Å². The highest BCUT2D eigenvalue weighted by molar-refractivity contribution is 9.10. The molecule has 88 valence electrons. The van der Waals surface area contributed by atoms with Gasteiger partial charge in [-0.25, -0.2) is 0 Å². The SMILES string of the molecule is CC(Nc1cccnc1)c1ccc(Br)cc1Cl. The number of pyridine rings is 1. The van der Waals surface area contributed by atoms with Crippen molar-refractivity contribution < 1.29 is 0 Å². The fourth-order valence-corrected chi connectivity index (χ4v) is 2.47. The third kappa shape index (κ3) is 3.20. The number of nitrogens with one attached hydrogen (secondary N) is 1. The topological polar surface area (TPSA) is 24.9 Å². The first-order chi connectivity index (χ1) is 8.16. The van der Waals surface area contributed by atoms with Gasteiger partial charge in [0.05, 0.1) is 11.7 Å². The molecule has 0 spiro atoms. The molecule has 0 aliphatic rings. The maximum atomic E-state index is 6.20. The zero-order chi connectivity index (χ0) is 12.3. The minimum atomic E-state index is 0.139. The number of halogens is 2. The number of benzene rings is 1. The van der Waals surface area contributed by atoms with Gasteiger partial charge in [-0.2, -0.15) is 0 Å². The van der Waals surface area contributed by atoms with Crippen molar-refractivity contribution in [2.24, 2.45) is 0 Å². The van der Waals surface area contributed by atoms with Crippen LogP contribution in [0, 0.1) is 0 Å². The molecule has 1 N–H and O–H groups in total. The molecule has 2 nitrogen and oxygen atoms in total. The van der Waals surface area contributed by atoms with E-state index in [1.807, 2.05) is 30.3 Å². The van der Waals surface area contributed by atoms with Crippen molar-refractivity contribution in [3.63, 3.8) is 0 Å². The first-order valence-corrected chi connectivity index (χ1v) is 6.45. The van der Waals surface area contributed by atoms with Gasteiger partial charge in [0.2, 0.25) is 0 Å². The largest absolute Gasteiger partial charge is 0.377 e. The molecule has 1 heterocycles. The van der Waals surface area contributed by atoms with E-state index in [2.05, 4.69) is 33.2 Å². The van der Waals surface area contributed by atoms with Crippen molar-refractivity contribution in [2.45, 2.75) is 13.0 Å². The summed E-state index contributed by atoms with van der Waals surface area (Å²) in [5.41, 5.74) is 2.05. The molecule has 0 fully saturated rings. The lowest BCUT2D eigenvalue weighted by Gasteiger charge is -2.16. The Morgan fingerprint density at radius 1 is 1.35 bits per heavy atom. The molecular formula is C13H12BrClN2. The molecule has 0 bridgehead atoms. The molecule has 1 unspecified atom stereocenters. The normalized spacial score (nSPS) is 12.2. The monoisotopic (exact) mass is 310 g/mol. The van der Waals surface area contributed by atoms with Crippen molar-refractivity contribution >= 4 is 33.2 Å². The summed E-state index contributed by atoms with van der Waals surface area (Å²) in [6.07, 6.45) is 3.55. The second-order valence-electron chi connectivity index (χ2n) is 3.77. The maximum Gasteiger partial charge on any atom is 0.0531 e. The van der Waals surface area contributed by atoms with Gasteiger partial charge in [-0.15, -0.1) is 0 Å². The number of nitrogens with zero attached hydrogens (tertiary/aromatic N) is 1. The summed E-state index contributed by atoms with van der Waals surface area (Å²) in [7, 11) is 0. The van der Waals surface area contributed by atoms with Gasteiger partial charge in [-0.1, -0.05) is 33.6 Å². The third-order valence-electron chi connectivity index (χ3n) is 2.47. The molecule has 1 aromatic carbocycles. The lowest BCUT2D eigenvalue weighted by atomic mass is 10.1. The van der Waals surface area contributed by atoms with Gasteiger partial charge >= 0.3 is 0 Å². The van der Waals surface area contributed by atoms with Gasteiger partial charge in [0.1, 0.15) is 0 Å². The van der Waals surface area contributed by atoms with Crippen LogP contribution in [0.25, 0.3) is 0 Å². The molecule has 2 rings (SSSR count). The Balaban J connectivity index is 2.17. The zero-order valence-electron chi connectivity index (χ0n) is 9.32. The number of hydrogen-bond donors (Lipinski definition) is 1. The zero-order valence-corrected chi connectivity index (χ0v) is 11.7. The number of hydrogen-bond acceptors (Lipinski definition) is 2. The first-order valence-electron chi connectivity index (χ1n) is 5.28. The van der Waals surface area contributed by atoms with Crippen LogP contribution in [0.2, 0.25) is 5.02 Å². The number of aromatic nitrogens is 1.